The number of hydrogen-bond acceptors (Lipinski definition) is 9. The SMILES string of the molecule is CN(C)S(=O)(=O)c1c(N)nsc1NCCc1ncon1. The Labute approximate surface area is 120 Å². The first-order chi connectivity index (χ1) is 9.43. The van der Waals surface area contributed by atoms with Gasteiger partial charge in [0.15, 0.2) is 16.5 Å². The van der Waals surface area contributed by atoms with Crippen LogP contribution >= 0.6 is 11.5 Å². The molecule has 2 rings (SSSR count). The summed E-state index contributed by atoms with van der Waals surface area (Å²) in [7, 11) is -0.755. The average Bonchev–Trinajstić information content (AvgIpc) is 2.99. The predicted molar refractivity (Wildman–Crippen MR) is 73.9 cm³/mol. The van der Waals surface area contributed by atoms with Crippen molar-refractivity contribution >= 4 is 32.4 Å². The van der Waals surface area contributed by atoms with Crippen LogP contribution in [0.2, 0.25) is 0 Å². The van der Waals surface area contributed by atoms with E-state index in [-0.39, 0.29) is 10.7 Å². The molecule has 3 N–H and O–H groups in total. The summed E-state index contributed by atoms with van der Waals surface area (Å²) in [6, 6.07) is 0. The van der Waals surface area contributed by atoms with Crippen LogP contribution in [0.3, 0.4) is 0 Å². The van der Waals surface area contributed by atoms with E-state index in [1.807, 2.05) is 0 Å². The Hall–Kier alpha value is -1.72. The summed E-state index contributed by atoms with van der Waals surface area (Å²) in [4.78, 5) is 3.87. The van der Waals surface area contributed by atoms with E-state index in [4.69, 9.17) is 5.73 Å². The van der Waals surface area contributed by atoms with Crippen molar-refractivity contribution in [3.63, 3.8) is 0 Å². The van der Waals surface area contributed by atoms with Crippen LogP contribution in [-0.2, 0) is 16.4 Å². The minimum Gasteiger partial charge on any atom is -0.382 e. The molecule has 0 fully saturated rings. The molecule has 0 atom stereocenters. The number of nitrogen functional groups attached to an aromatic ring is 1. The first-order valence-electron chi connectivity index (χ1n) is 5.59. The maximum atomic E-state index is 12.2. The number of nitrogens with two attached hydrogens (primary N) is 1. The number of sulfonamides is 1. The Bertz CT molecular complexity index is 664. The Morgan fingerprint density at radius 1 is 1.50 bits per heavy atom. The third kappa shape index (κ3) is 2.89. The largest absolute Gasteiger partial charge is 0.382 e. The summed E-state index contributed by atoms with van der Waals surface area (Å²) >= 11 is 1.00. The number of aromatic nitrogens is 3. The van der Waals surface area contributed by atoms with Gasteiger partial charge in [0.25, 0.3) is 0 Å². The topological polar surface area (TPSA) is 127 Å². The molecule has 0 amide bonds. The van der Waals surface area contributed by atoms with Gasteiger partial charge in [-0.05, 0) is 11.5 Å². The van der Waals surface area contributed by atoms with Crippen LogP contribution in [0.15, 0.2) is 15.8 Å². The van der Waals surface area contributed by atoms with Gasteiger partial charge in [0, 0.05) is 27.1 Å². The lowest BCUT2D eigenvalue weighted by atomic mass is 10.4. The molecule has 2 aromatic rings. The van der Waals surface area contributed by atoms with Gasteiger partial charge in [0.05, 0.1) is 0 Å². The van der Waals surface area contributed by atoms with Crippen molar-refractivity contribution in [2.75, 3.05) is 31.7 Å². The van der Waals surface area contributed by atoms with E-state index in [0.29, 0.717) is 23.8 Å². The van der Waals surface area contributed by atoms with E-state index >= 15 is 0 Å². The second-order valence-corrected chi connectivity index (χ2v) is 6.90. The molecule has 110 valence electrons. The number of nitrogens with one attached hydrogen (secondary N) is 1. The number of rotatable bonds is 6. The molecule has 0 aromatic carbocycles. The Kier molecular flexibility index (Phi) is 4.20. The lowest BCUT2D eigenvalue weighted by Crippen LogP contribution is -2.23. The number of anilines is 2. The Balaban J connectivity index is 2.13. The van der Waals surface area contributed by atoms with E-state index < -0.39 is 10.0 Å². The molecule has 0 saturated carbocycles. The lowest BCUT2D eigenvalue weighted by molar-refractivity contribution is 0.410. The molecule has 0 saturated heterocycles. The third-order valence-electron chi connectivity index (χ3n) is 2.45. The van der Waals surface area contributed by atoms with Gasteiger partial charge in [0.2, 0.25) is 16.4 Å². The zero-order valence-corrected chi connectivity index (χ0v) is 12.5. The summed E-state index contributed by atoms with van der Waals surface area (Å²) in [6.45, 7) is 0.442. The van der Waals surface area contributed by atoms with Gasteiger partial charge < -0.3 is 15.6 Å². The monoisotopic (exact) mass is 318 g/mol. The summed E-state index contributed by atoms with van der Waals surface area (Å²) in [6.07, 6.45) is 1.73. The van der Waals surface area contributed by atoms with Crippen LogP contribution in [0.4, 0.5) is 10.8 Å². The summed E-state index contributed by atoms with van der Waals surface area (Å²) in [5.41, 5.74) is 5.65. The summed E-state index contributed by atoms with van der Waals surface area (Å²) < 4.78 is 33.9. The van der Waals surface area contributed by atoms with Gasteiger partial charge in [-0.15, -0.1) is 0 Å². The summed E-state index contributed by atoms with van der Waals surface area (Å²) in [5, 5.41) is 7.05. The van der Waals surface area contributed by atoms with Gasteiger partial charge in [-0.2, -0.15) is 9.36 Å². The average molecular weight is 318 g/mol. The van der Waals surface area contributed by atoms with Crippen molar-refractivity contribution < 1.29 is 12.9 Å². The third-order valence-corrected chi connectivity index (χ3v) is 5.29. The van der Waals surface area contributed by atoms with E-state index in [0.717, 1.165) is 15.8 Å². The van der Waals surface area contributed by atoms with E-state index in [1.165, 1.54) is 20.5 Å². The molecule has 0 aliphatic rings. The van der Waals surface area contributed by atoms with Crippen molar-refractivity contribution in [1.82, 2.24) is 18.8 Å². The minimum atomic E-state index is -3.64. The van der Waals surface area contributed by atoms with Gasteiger partial charge in [-0.1, -0.05) is 5.16 Å². The molecule has 0 unspecified atom stereocenters. The van der Waals surface area contributed by atoms with Crippen LogP contribution in [-0.4, -0.2) is 47.9 Å². The second-order valence-electron chi connectivity index (χ2n) is 4.04. The van der Waals surface area contributed by atoms with E-state index in [9.17, 15) is 8.42 Å². The summed E-state index contributed by atoms with van der Waals surface area (Å²) in [5.74, 6) is 0.526. The van der Waals surface area contributed by atoms with Crippen molar-refractivity contribution in [2.24, 2.45) is 0 Å². The first kappa shape index (κ1) is 14.7. The highest BCUT2D eigenvalue weighted by Crippen LogP contribution is 2.32. The van der Waals surface area contributed by atoms with Gasteiger partial charge in [-0.3, -0.25) is 0 Å². The number of hydrogen-bond donors (Lipinski definition) is 2. The van der Waals surface area contributed by atoms with Crippen molar-refractivity contribution in [3.05, 3.63) is 12.2 Å². The first-order valence-corrected chi connectivity index (χ1v) is 7.81. The van der Waals surface area contributed by atoms with Crippen molar-refractivity contribution in [1.29, 1.82) is 0 Å². The normalized spacial score (nSPS) is 11.9. The van der Waals surface area contributed by atoms with Crippen molar-refractivity contribution in [2.45, 2.75) is 11.3 Å². The second kappa shape index (κ2) is 5.73. The highest BCUT2D eigenvalue weighted by Gasteiger charge is 2.27. The minimum absolute atomic E-state index is 0.000567. The fourth-order valence-corrected chi connectivity index (χ4v) is 3.53. The lowest BCUT2D eigenvalue weighted by Gasteiger charge is -2.12. The molecule has 0 radical (unpaired) electrons. The molecule has 0 aliphatic heterocycles. The zero-order valence-electron chi connectivity index (χ0n) is 10.9. The quantitative estimate of drug-likeness (QED) is 0.762. The van der Waals surface area contributed by atoms with Gasteiger partial charge in [-0.25, -0.2) is 12.7 Å². The fraction of sp³-hybridized carbons (Fsp3) is 0.444. The molecule has 0 bridgehead atoms. The van der Waals surface area contributed by atoms with Crippen LogP contribution in [0.1, 0.15) is 5.82 Å². The molecular weight excluding hydrogens is 304 g/mol. The molecule has 9 nitrogen and oxygen atoms in total. The molecule has 2 aromatic heterocycles. The van der Waals surface area contributed by atoms with E-state index in [2.05, 4.69) is 24.4 Å². The highest BCUT2D eigenvalue weighted by atomic mass is 32.2. The fourth-order valence-electron chi connectivity index (χ4n) is 1.43. The maximum Gasteiger partial charge on any atom is 0.249 e. The highest BCUT2D eigenvalue weighted by molar-refractivity contribution is 7.89. The number of nitrogens with zero attached hydrogens (tertiary/aromatic N) is 4. The standard InChI is InChI=1S/C9H14N6O3S2/c1-15(2)20(16,17)7-8(10)14-19-9(7)11-4-3-6-12-5-18-13-6/h5,11H,3-4H2,1-2H3,(H2,10,14). The van der Waals surface area contributed by atoms with Crippen LogP contribution in [0.25, 0.3) is 0 Å². The molecule has 0 aliphatic carbocycles. The molecular formula is C9H14N6O3S2. The van der Waals surface area contributed by atoms with Crippen LogP contribution in [0.5, 0.6) is 0 Å². The van der Waals surface area contributed by atoms with Gasteiger partial charge >= 0.3 is 0 Å². The molecule has 2 heterocycles. The smallest absolute Gasteiger partial charge is 0.249 e. The molecule has 11 heteroatoms. The Morgan fingerprint density at radius 3 is 2.85 bits per heavy atom. The Morgan fingerprint density at radius 2 is 2.25 bits per heavy atom. The van der Waals surface area contributed by atoms with Crippen LogP contribution in [0, 0.1) is 0 Å². The maximum absolute atomic E-state index is 12.2. The van der Waals surface area contributed by atoms with Gasteiger partial charge in [0.1, 0.15) is 5.00 Å². The zero-order chi connectivity index (χ0) is 14.8. The predicted octanol–water partition coefficient (Wildman–Crippen LogP) is 0.0132. The molecule has 0 spiro atoms. The molecule has 20 heavy (non-hydrogen) atoms. The van der Waals surface area contributed by atoms with E-state index in [1.54, 1.807) is 0 Å². The van der Waals surface area contributed by atoms with Crippen molar-refractivity contribution in [3.8, 4) is 0 Å². The van der Waals surface area contributed by atoms with Crippen LogP contribution < -0.4 is 11.1 Å².